The lowest BCUT2D eigenvalue weighted by atomic mass is 10.0. The van der Waals surface area contributed by atoms with E-state index in [4.69, 9.17) is 16.3 Å². The molecule has 37 heavy (non-hydrogen) atoms. The molecule has 3 aromatic carbocycles. The topological polar surface area (TPSA) is 104 Å². The monoisotopic (exact) mass is 580 g/mol. The van der Waals surface area contributed by atoms with Gasteiger partial charge in [0.25, 0.3) is 11.8 Å². The molecule has 1 unspecified atom stereocenters. The zero-order chi connectivity index (χ0) is 26.8. The molecular formula is C28H26BrClN4O3. The van der Waals surface area contributed by atoms with Crippen molar-refractivity contribution in [3.8, 4) is 11.8 Å². The molecule has 0 saturated carbocycles. The van der Waals surface area contributed by atoms with Gasteiger partial charge in [0, 0.05) is 16.1 Å². The van der Waals surface area contributed by atoms with Crippen molar-refractivity contribution in [1.29, 1.82) is 5.26 Å². The summed E-state index contributed by atoms with van der Waals surface area (Å²) < 4.78 is 6.55. The predicted octanol–water partition coefficient (Wildman–Crippen LogP) is 5.85. The van der Waals surface area contributed by atoms with Crippen molar-refractivity contribution in [3.05, 3.63) is 98.5 Å². The van der Waals surface area contributed by atoms with E-state index in [0.29, 0.717) is 32.8 Å². The number of hydrazone groups is 1. The molecule has 0 bridgehead atoms. The predicted molar refractivity (Wildman–Crippen MR) is 148 cm³/mol. The maximum atomic E-state index is 12.8. The highest BCUT2D eigenvalue weighted by atomic mass is 79.9. The number of rotatable bonds is 10. The molecule has 0 aliphatic rings. The molecule has 2 N–H and O–H groups in total. The molecule has 3 rings (SSSR count). The third-order valence-electron chi connectivity index (χ3n) is 5.30. The summed E-state index contributed by atoms with van der Waals surface area (Å²) in [5.74, 6) is 0.00510. The first-order chi connectivity index (χ1) is 17.8. The minimum atomic E-state index is -0.751. The van der Waals surface area contributed by atoms with Gasteiger partial charge in [0.15, 0.2) is 0 Å². The van der Waals surface area contributed by atoms with Gasteiger partial charge in [-0.1, -0.05) is 43.6 Å². The Morgan fingerprint density at radius 2 is 1.86 bits per heavy atom. The van der Waals surface area contributed by atoms with Gasteiger partial charge in [0.05, 0.1) is 22.3 Å². The summed E-state index contributed by atoms with van der Waals surface area (Å²) in [7, 11) is 0. The fourth-order valence-electron chi connectivity index (χ4n) is 3.42. The van der Waals surface area contributed by atoms with E-state index < -0.39 is 11.9 Å². The van der Waals surface area contributed by atoms with E-state index in [9.17, 15) is 14.9 Å². The van der Waals surface area contributed by atoms with Crippen LogP contribution in [0.25, 0.3) is 0 Å². The average Bonchev–Trinajstić information content (AvgIpc) is 2.88. The third-order valence-corrected chi connectivity index (χ3v) is 6.17. The van der Waals surface area contributed by atoms with Crippen LogP contribution in [0.5, 0.6) is 5.75 Å². The zero-order valence-corrected chi connectivity index (χ0v) is 22.7. The van der Waals surface area contributed by atoms with Gasteiger partial charge in [0.2, 0.25) is 0 Å². The van der Waals surface area contributed by atoms with Crippen LogP contribution in [-0.4, -0.2) is 24.1 Å². The van der Waals surface area contributed by atoms with E-state index in [0.717, 1.165) is 11.1 Å². The number of ether oxygens (including phenoxy) is 1. The van der Waals surface area contributed by atoms with Gasteiger partial charge in [0.1, 0.15) is 18.4 Å². The Labute approximate surface area is 229 Å². The summed E-state index contributed by atoms with van der Waals surface area (Å²) >= 11 is 9.37. The number of nitriles is 1. The number of carbonyl (C=O) groups excluding carboxylic acids is 2. The Morgan fingerprint density at radius 3 is 2.54 bits per heavy atom. The standard InChI is InChI=1S/C28H26BrClN4O3/c1-18(2)13-25(33-27(35)20-8-10-23(30)11-9-20)28(36)34-32-16-19-7-12-26(24(29)14-19)37-17-22-6-4-3-5-21(22)15-31/h3-12,14,16,18,25H,13,17H2,1-2H3,(H,33,35)(H,34,36). The highest BCUT2D eigenvalue weighted by molar-refractivity contribution is 9.10. The minimum Gasteiger partial charge on any atom is -0.488 e. The van der Waals surface area contributed by atoms with E-state index in [-0.39, 0.29) is 18.4 Å². The van der Waals surface area contributed by atoms with Gasteiger partial charge in [-0.15, -0.1) is 0 Å². The second-order valence-electron chi connectivity index (χ2n) is 8.64. The Morgan fingerprint density at radius 1 is 1.14 bits per heavy atom. The largest absolute Gasteiger partial charge is 0.488 e. The zero-order valence-electron chi connectivity index (χ0n) is 20.4. The average molecular weight is 582 g/mol. The van der Waals surface area contributed by atoms with Crippen LogP contribution < -0.4 is 15.5 Å². The number of hydrogen-bond acceptors (Lipinski definition) is 5. The van der Waals surface area contributed by atoms with Crippen LogP contribution in [0.3, 0.4) is 0 Å². The molecule has 7 nitrogen and oxygen atoms in total. The number of carbonyl (C=O) groups is 2. The van der Waals surface area contributed by atoms with Crippen LogP contribution in [0.2, 0.25) is 5.02 Å². The lowest BCUT2D eigenvalue weighted by Gasteiger charge is -2.19. The number of benzene rings is 3. The molecule has 0 spiro atoms. The molecule has 0 radical (unpaired) electrons. The van der Waals surface area contributed by atoms with Crippen LogP contribution in [0, 0.1) is 17.2 Å². The van der Waals surface area contributed by atoms with Crippen molar-refractivity contribution in [2.24, 2.45) is 11.0 Å². The smallest absolute Gasteiger partial charge is 0.262 e. The fourth-order valence-corrected chi connectivity index (χ4v) is 4.06. The molecule has 2 amide bonds. The van der Waals surface area contributed by atoms with E-state index in [1.54, 1.807) is 48.5 Å². The second kappa shape index (κ2) is 13.6. The molecule has 0 saturated heterocycles. The van der Waals surface area contributed by atoms with Crippen molar-refractivity contribution < 1.29 is 14.3 Å². The van der Waals surface area contributed by atoms with Gasteiger partial charge >= 0.3 is 0 Å². The molecule has 0 aliphatic heterocycles. The van der Waals surface area contributed by atoms with Gasteiger partial charge in [-0.05, 0) is 82.4 Å². The number of amides is 2. The van der Waals surface area contributed by atoms with Crippen molar-refractivity contribution >= 4 is 45.6 Å². The Balaban J connectivity index is 1.60. The normalized spacial score (nSPS) is 11.7. The first-order valence-electron chi connectivity index (χ1n) is 11.6. The third kappa shape index (κ3) is 8.45. The Bertz CT molecular complexity index is 1320. The molecular weight excluding hydrogens is 556 g/mol. The molecule has 3 aromatic rings. The summed E-state index contributed by atoms with van der Waals surface area (Å²) in [5.41, 5.74) is 5.02. The lowest BCUT2D eigenvalue weighted by Crippen LogP contribution is -2.46. The van der Waals surface area contributed by atoms with Crippen LogP contribution in [0.4, 0.5) is 0 Å². The second-order valence-corrected chi connectivity index (χ2v) is 9.94. The number of nitrogens with one attached hydrogen (secondary N) is 2. The lowest BCUT2D eigenvalue weighted by molar-refractivity contribution is -0.123. The van der Waals surface area contributed by atoms with Crippen molar-refractivity contribution in [2.75, 3.05) is 0 Å². The van der Waals surface area contributed by atoms with E-state index >= 15 is 0 Å². The Kier molecular flexibility index (Phi) is 10.2. The van der Waals surface area contributed by atoms with E-state index in [1.165, 1.54) is 6.21 Å². The first-order valence-corrected chi connectivity index (χ1v) is 12.7. The maximum absolute atomic E-state index is 12.8. The fraction of sp³-hybridized carbons (Fsp3) is 0.214. The number of hydrogen-bond donors (Lipinski definition) is 2. The minimum absolute atomic E-state index is 0.175. The molecule has 1 atom stereocenters. The van der Waals surface area contributed by atoms with Crippen molar-refractivity contribution in [2.45, 2.75) is 32.9 Å². The molecule has 0 heterocycles. The van der Waals surface area contributed by atoms with Crippen molar-refractivity contribution in [3.63, 3.8) is 0 Å². The summed E-state index contributed by atoms with van der Waals surface area (Å²) in [5, 5.41) is 16.6. The quantitative estimate of drug-likeness (QED) is 0.232. The summed E-state index contributed by atoms with van der Waals surface area (Å²) in [6.07, 6.45) is 1.96. The highest BCUT2D eigenvalue weighted by Gasteiger charge is 2.22. The van der Waals surface area contributed by atoms with Crippen LogP contribution >= 0.6 is 27.5 Å². The molecule has 190 valence electrons. The first kappa shape index (κ1) is 27.9. The molecule has 0 aliphatic carbocycles. The van der Waals surface area contributed by atoms with Crippen LogP contribution in [0.15, 0.2) is 76.3 Å². The van der Waals surface area contributed by atoms with E-state index in [2.05, 4.69) is 37.8 Å². The SMILES string of the molecule is CC(C)CC(NC(=O)c1ccc(Cl)cc1)C(=O)NN=Cc1ccc(OCc2ccccc2C#N)c(Br)c1. The number of nitrogens with zero attached hydrogens (tertiary/aromatic N) is 2. The van der Waals surface area contributed by atoms with E-state index in [1.807, 2.05) is 32.0 Å². The molecule has 9 heteroatoms. The molecule has 0 fully saturated rings. The van der Waals surface area contributed by atoms with Crippen LogP contribution in [0.1, 0.15) is 47.3 Å². The highest BCUT2D eigenvalue weighted by Crippen LogP contribution is 2.26. The van der Waals surface area contributed by atoms with Crippen LogP contribution in [-0.2, 0) is 11.4 Å². The van der Waals surface area contributed by atoms with Gasteiger partial charge in [-0.25, -0.2) is 5.43 Å². The summed E-state index contributed by atoms with van der Waals surface area (Å²) in [4.78, 5) is 25.4. The summed E-state index contributed by atoms with van der Waals surface area (Å²) in [6.45, 7) is 4.20. The van der Waals surface area contributed by atoms with Gasteiger partial charge in [-0.2, -0.15) is 10.4 Å². The van der Waals surface area contributed by atoms with Crippen molar-refractivity contribution in [1.82, 2.24) is 10.7 Å². The maximum Gasteiger partial charge on any atom is 0.262 e. The van der Waals surface area contributed by atoms with Gasteiger partial charge in [-0.3, -0.25) is 9.59 Å². The number of halogens is 2. The Hall–Kier alpha value is -3.67. The van der Waals surface area contributed by atoms with Gasteiger partial charge < -0.3 is 10.1 Å². The summed E-state index contributed by atoms with van der Waals surface area (Å²) in [6, 6.07) is 20.5. The molecule has 0 aromatic heterocycles.